The number of fused-ring (bicyclic) bond motifs is 2. The van der Waals surface area contributed by atoms with Gasteiger partial charge in [0.2, 0.25) is 17.7 Å². The van der Waals surface area contributed by atoms with Crippen molar-refractivity contribution in [1.29, 1.82) is 0 Å². The van der Waals surface area contributed by atoms with Crippen LogP contribution in [0.1, 0.15) is 71.9 Å². The Kier molecular flexibility index (Phi) is 10.8. The lowest BCUT2D eigenvalue weighted by Gasteiger charge is -2.61. The summed E-state index contributed by atoms with van der Waals surface area (Å²) in [7, 11) is 0. The Labute approximate surface area is 387 Å². The standard InChI is InChI=1S/C48H47F3N10O5S/c49-34-18-29(17-32-33(34)21-61(46(32)66)43(45(65)56-47-52-11-15-67-47)41-38-2-1-12-58(38)26-53-41)28-3-5-31(6-4-28)59-22-48(23-59)24-60(25-48)40(63)16-27-9-13-57(14-10-27)42-35(50)19-30(20-36(42)51)54-37-7-8-39(62)55-44(37)64/h3-6,11,15,17-20,26-27,37,43,54H,1-2,7-10,12-14,16,21-25H2,(H,52,56,65)(H,55,62,64). The van der Waals surface area contributed by atoms with Crippen molar-refractivity contribution in [3.63, 3.8) is 0 Å². The fourth-order valence-electron chi connectivity index (χ4n) is 10.8. The van der Waals surface area contributed by atoms with Crippen molar-refractivity contribution in [2.45, 2.75) is 70.1 Å². The van der Waals surface area contributed by atoms with Gasteiger partial charge in [-0.25, -0.2) is 23.1 Å². The Morgan fingerprint density at radius 3 is 2.34 bits per heavy atom. The number of rotatable bonds is 11. The number of nitrogens with zero attached hydrogens (tertiary/aromatic N) is 7. The summed E-state index contributed by atoms with van der Waals surface area (Å²) >= 11 is 1.27. The van der Waals surface area contributed by atoms with Crippen LogP contribution in [0.3, 0.4) is 0 Å². The molecule has 0 saturated carbocycles. The minimum Gasteiger partial charge on any atom is -0.373 e. The maximum absolute atomic E-state index is 15.9. The number of amides is 5. The number of benzene rings is 3. The van der Waals surface area contributed by atoms with Crippen LogP contribution in [0, 0.1) is 28.8 Å². The van der Waals surface area contributed by atoms with Gasteiger partial charge in [0, 0.05) is 104 Å². The van der Waals surface area contributed by atoms with Crippen LogP contribution < -0.4 is 25.8 Å². The molecule has 4 saturated heterocycles. The summed E-state index contributed by atoms with van der Waals surface area (Å²) in [5, 5.41) is 10.0. The predicted octanol–water partition coefficient (Wildman–Crippen LogP) is 5.88. The van der Waals surface area contributed by atoms with E-state index < -0.39 is 47.3 Å². The monoisotopic (exact) mass is 932 g/mol. The van der Waals surface area contributed by atoms with Gasteiger partial charge in [-0.05, 0) is 85.5 Å². The van der Waals surface area contributed by atoms with Crippen molar-refractivity contribution in [3.05, 3.63) is 106 Å². The fourth-order valence-corrected chi connectivity index (χ4v) is 11.4. The van der Waals surface area contributed by atoms with Crippen molar-refractivity contribution < 1.29 is 37.1 Å². The third kappa shape index (κ3) is 7.95. The molecule has 0 aliphatic carbocycles. The van der Waals surface area contributed by atoms with E-state index in [1.165, 1.54) is 34.4 Å². The van der Waals surface area contributed by atoms with Crippen LogP contribution >= 0.6 is 11.3 Å². The lowest BCUT2D eigenvalue weighted by atomic mass is 9.72. The Bertz CT molecular complexity index is 2790. The summed E-state index contributed by atoms with van der Waals surface area (Å²) in [6.07, 6.45) is 6.93. The second-order valence-electron chi connectivity index (χ2n) is 18.7. The first-order valence-corrected chi connectivity index (χ1v) is 23.6. The number of nitrogens with one attached hydrogen (secondary N) is 3. The molecule has 0 radical (unpaired) electrons. The SMILES string of the molecule is O=C1CCC(Nc2cc(F)c(N3CCC(CC(=O)N4CC5(C4)CN(c4ccc(-c6cc(F)c7c(c6)C(=O)N(C(C(=O)Nc6nccs6)c6ncn8c6CCC8)C7)cc4)C5)CC3)c(F)c2)C(=O)N1. The number of aromatic nitrogens is 3. The number of aryl methyl sites for hydroxylation is 1. The van der Waals surface area contributed by atoms with Gasteiger partial charge in [0.15, 0.2) is 22.8 Å². The third-order valence-electron chi connectivity index (χ3n) is 14.3. The molecule has 0 bridgehead atoms. The Balaban J connectivity index is 0.670. The number of thiazole rings is 1. The van der Waals surface area contributed by atoms with E-state index in [1.54, 1.807) is 28.9 Å². The van der Waals surface area contributed by atoms with Crippen LogP contribution in [-0.4, -0.2) is 99.2 Å². The third-order valence-corrected chi connectivity index (χ3v) is 15.0. The summed E-state index contributed by atoms with van der Waals surface area (Å²) in [5.74, 6) is -3.59. The molecular formula is C48H47F3N10O5S. The van der Waals surface area contributed by atoms with Gasteiger partial charge in [0.25, 0.3) is 11.8 Å². The molecule has 5 amide bonds. The number of hydrogen-bond acceptors (Lipinski definition) is 11. The number of anilines is 4. The number of carbonyl (C=O) groups is 5. The minimum absolute atomic E-state index is 0.0209. The van der Waals surface area contributed by atoms with Crippen LogP contribution in [-0.2, 0) is 38.7 Å². The summed E-state index contributed by atoms with van der Waals surface area (Å²) in [5.41, 5.74) is 4.19. The van der Waals surface area contributed by atoms with E-state index in [2.05, 4.69) is 30.8 Å². The molecule has 11 rings (SSSR count). The zero-order chi connectivity index (χ0) is 46.1. The lowest BCUT2D eigenvalue weighted by Crippen LogP contribution is -2.73. The summed E-state index contributed by atoms with van der Waals surface area (Å²) in [4.78, 5) is 80.9. The van der Waals surface area contributed by atoms with E-state index in [-0.39, 0.29) is 65.0 Å². The van der Waals surface area contributed by atoms with Crippen molar-refractivity contribution in [1.82, 2.24) is 29.7 Å². The number of imidazole rings is 1. The molecule has 15 nitrogen and oxygen atoms in total. The number of imide groups is 1. The van der Waals surface area contributed by atoms with Crippen molar-refractivity contribution in [2.24, 2.45) is 11.3 Å². The minimum atomic E-state index is -1.07. The van der Waals surface area contributed by atoms with Gasteiger partial charge in [0.05, 0.1) is 18.6 Å². The largest absolute Gasteiger partial charge is 0.373 e. The molecule has 3 aromatic carbocycles. The number of likely N-dealkylation sites (tertiary alicyclic amines) is 1. The number of hydrogen-bond donors (Lipinski definition) is 3. The van der Waals surface area contributed by atoms with E-state index in [0.717, 1.165) is 49.4 Å². The zero-order valence-corrected chi connectivity index (χ0v) is 37.2. The van der Waals surface area contributed by atoms with Gasteiger partial charge >= 0.3 is 0 Å². The first-order chi connectivity index (χ1) is 32.4. The van der Waals surface area contributed by atoms with Gasteiger partial charge in [-0.3, -0.25) is 34.6 Å². The highest BCUT2D eigenvalue weighted by Crippen LogP contribution is 2.44. The van der Waals surface area contributed by atoms with E-state index in [0.29, 0.717) is 61.8 Å². The molecule has 5 aromatic rings. The van der Waals surface area contributed by atoms with Crippen LogP contribution in [0.4, 0.5) is 35.4 Å². The van der Waals surface area contributed by atoms with Crippen molar-refractivity contribution >= 4 is 63.1 Å². The first kappa shape index (κ1) is 42.8. The average molecular weight is 933 g/mol. The lowest BCUT2D eigenvalue weighted by molar-refractivity contribution is -0.146. The normalized spacial score (nSPS) is 20.3. The second-order valence-corrected chi connectivity index (χ2v) is 19.6. The quantitative estimate of drug-likeness (QED) is 0.136. The Hall–Kier alpha value is -6.76. The van der Waals surface area contributed by atoms with Crippen LogP contribution in [0.5, 0.6) is 0 Å². The van der Waals surface area contributed by atoms with E-state index in [1.807, 2.05) is 33.7 Å². The van der Waals surface area contributed by atoms with E-state index in [9.17, 15) is 24.0 Å². The molecular weight excluding hydrogens is 886 g/mol. The molecule has 1 spiro atoms. The summed E-state index contributed by atoms with van der Waals surface area (Å²) in [6, 6.07) is 11.5. The molecule has 346 valence electrons. The average Bonchev–Trinajstić information content (AvgIpc) is 4.10. The summed E-state index contributed by atoms with van der Waals surface area (Å²) < 4.78 is 48.4. The van der Waals surface area contributed by atoms with Gasteiger partial charge in [-0.2, -0.15) is 0 Å². The first-order valence-electron chi connectivity index (χ1n) is 22.7. The molecule has 6 aliphatic rings. The topological polar surface area (TPSA) is 165 Å². The van der Waals surface area contributed by atoms with Gasteiger partial charge in [-0.15, -0.1) is 11.3 Å². The van der Waals surface area contributed by atoms with Crippen LogP contribution in [0.2, 0.25) is 0 Å². The maximum Gasteiger partial charge on any atom is 0.255 e. The molecule has 2 unspecified atom stereocenters. The molecule has 2 aromatic heterocycles. The van der Waals surface area contributed by atoms with Crippen molar-refractivity contribution in [2.75, 3.05) is 59.7 Å². The molecule has 19 heteroatoms. The molecule has 6 aliphatic heterocycles. The highest BCUT2D eigenvalue weighted by Gasteiger charge is 2.53. The highest BCUT2D eigenvalue weighted by molar-refractivity contribution is 7.13. The smallest absolute Gasteiger partial charge is 0.255 e. The number of carbonyl (C=O) groups excluding carboxylic acids is 5. The Morgan fingerprint density at radius 1 is 0.866 bits per heavy atom. The van der Waals surface area contributed by atoms with Crippen LogP contribution in [0.15, 0.2) is 66.4 Å². The van der Waals surface area contributed by atoms with Crippen molar-refractivity contribution in [3.8, 4) is 11.1 Å². The second kappa shape index (κ2) is 16.8. The number of halogens is 3. The molecule has 2 atom stereocenters. The maximum atomic E-state index is 15.9. The molecule has 67 heavy (non-hydrogen) atoms. The van der Waals surface area contributed by atoms with Gasteiger partial charge in [-0.1, -0.05) is 12.1 Å². The van der Waals surface area contributed by atoms with Crippen LogP contribution in [0.25, 0.3) is 11.1 Å². The highest BCUT2D eigenvalue weighted by atomic mass is 32.1. The van der Waals surface area contributed by atoms with Gasteiger partial charge in [0.1, 0.15) is 17.5 Å². The molecule has 8 heterocycles. The predicted molar refractivity (Wildman–Crippen MR) is 243 cm³/mol. The Morgan fingerprint density at radius 2 is 1.63 bits per heavy atom. The van der Waals surface area contributed by atoms with E-state index >= 15 is 13.2 Å². The molecule has 4 fully saturated rings. The molecule has 3 N–H and O–H groups in total. The zero-order valence-electron chi connectivity index (χ0n) is 36.4. The number of piperidine rings is 2. The van der Waals surface area contributed by atoms with Gasteiger partial charge < -0.3 is 29.5 Å². The fraction of sp³-hybridized carbons (Fsp3) is 0.396. The van der Waals surface area contributed by atoms with E-state index in [4.69, 9.17) is 0 Å². The summed E-state index contributed by atoms with van der Waals surface area (Å²) in [6.45, 7) is 4.46.